The van der Waals surface area contributed by atoms with Crippen molar-refractivity contribution in [3.8, 4) is 0 Å². The van der Waals surface area contributed by atoms with Crippen molar-refractivity contribution in [1.82, 2.24) is 4.98 Å². The number of halogens is 1. The van der Waals surface area contributed by atoms with E-state index in [0.29, 0.717) is 16.8 Å². The van der Waals surface area contributed by atoms with Crippen LogP contribution in [0.25, 0.3) is 0 Å². The number of rotatable bonds is 3. The molecule has 1 fully saturated rings. The molecule has 1 N–H and O–H groups in total. The van der Waals surface area contributed by atoms with Gasteiger partial charge in [0.1, 0.15) is 5.82 Å². The molecule has 0 bridgehead atoms. The standard InChI is InChI=1S/C14H21ClN2O/c1-10-3-5-11(6-4-10)17(2)14-8-7-12(15)13(9-18)16-14/h7-8,10-11,18H,3-6,9H2,1-2H3. The summed E-state index contributed by atoms with van der Waals surface area (Å²) >= 11 is 5.96. The molecule has 1 aliphatic rings. The van der Waals surface area contributed by atoms with Gasteiger partial charge in [-0.15, -0.1) is 0 Å². The lowest BCUT2D eigenvalue weighted by Crippen LogP contribution is -2.35. The molecule has 0 radical (unpaired) electrons. The van der Waals surface area contributed by atoms with Crippen molar-refractivity contribution >= 4 is 17.4 Å². The number of aliphatic hydroxyl groups excluding tert-OH is 1. The zero-order valence-corrected chi connectivity index (χ0v) is 11.8. The number of anilines is 1. The molecule has 3 nitrogen and oxygen atoms in total. The molecule has 1 heterocycles. The van der Waals surface area contributed by atoms with Gasteiger partial charge in [0.25, 0.3) is 0 Å². The van der Waals surface area contributed by atoms with Gasteiger partial charge in [0.05, 0.1) is 17.3 Å². The normalized spacial score (nSPS) is 24.0. The Morgan fingerprint density at radius 1 is 1.33 bits per heavy atom. The maximum Gasteiger partial charge on any atom is 0.129 e. The number of hydrogen-bond donors (Lipinski definition) is 1. The molecule has 1 aliphatic carbocycles. The monoisotopic (exact) mass is 268 g/mol. The molecule has 0 saturated heterocycles. The largest absolute Gasteiger partial charge is 0.390 e. The van der Waals surface area contributed by atoms with E-state index < -0.39 is 0 Å². The smallest absolute Gasteiger partial charge is 0.129 e. The van der Waals surface area contributed by atoms with Gasteiger partial charge < -0.3 is 10.0 Å². The number of aliphatic hydroxyl groups is 1. The van der Waals surface area contributed by atoms with Crippen molar-refractivity contribution in [2.24, 2.45) is 5.92 Å². The van der Waals surface area contributed by atoms with E-state index in [-0.39, 0.29) is 6.61 Å². The Labute approximate surface area is 114 Å². The van der Waals surface area contributed by atoms with E-state index in [2.05, 4.69) is 23.9 Å². The van der Waals surface area contributed by atoms with Crippen LogP contribution in [0, 0.1) is 5.92 Å². The molecule has 0 atom stereocenters. The van der Waals surface area contributed by atoms with E-state index in [4.69, 9.17) is 11.6 Å². The summed E-state index contributed by atoms with van der Waals surface area (Å²) in [7, 11) is 2.08. The summed E-state index contributed by atoms with van der Waals surface area (Å²) in [5, 5.41) is 9.74. The molecule has 4 heteroatoms. The molecule has 18 heavy (non-hydrogen) atoms. The van der Waals surface area contributed by atoms with Gasteiger partial charge in [-0.2, -0.15) is 0 Å². The summed E-state index contributed by atoms with van der Waals surface area (Å²) in [4.78, 5) is 6.65. The van der Waals surface area contributed by atoms with Crippen LogP contribution in [0.4, 0.5) is 5.82 Å². The average molecular weight is 269 g/mol. The predicted molar refractivity (Wildman–Crippen MR) is 75.0 cm³/mol. The minimum atomic E-state index is -0.109. The Hall–Kier alpha value is -0.800. The third kappa shape index (κ3) is 2.96. The quantitative estimate of drug-likeness (QED) is 0.914. The highest BCUT2D eigenvalue weighted by Crippen LogP contribution is 2.29. The first-order valence-electron chi connectivity index (χ1n) is 6.61. The maximum absolute atomic E-state index is 9.20. The van der Waals surface area contributed by atoms with Gasteiger partial charge in [0.15, 0.2) is 0 Å². The molecule has 100 valence electrons. The Kier molecular flexibility index (Phi) is 4.46. The summed E-state index contributed by atoms with van der Waals surface area (Å²) in [5.41, 5.74) is 0.560. The van der Waals surface area contributed by atoms with Gasteiger partial charge in [0.2, 0.25) is 0 Å². The van der Waals surface area contributed by atoms with Crippen LogP contribution in [-0.4, -0.2) is 23.2 Å². The van der Waals surface area contributed by atoms with E-state index in [9.17, 15) is 5.11 Å². The van der Waals surface area contributed by atoms with Crippen molar-refractivity contribution in [2.45, 2.75) is 45.3 Å². The van der Waals surface area contributed by atoms with Crippen LogP contribution < -0.4 is 4.90 Å². The van der Waals surface area contributed by atoms with Crippen molar-refractivity contribution in [1.29, 1.82) is 0 Å². The van der Waals surface area contributed by atoms with E-state index in [1.165, 1.54) is 25.7 Å². The topological polar surface area (TPSA) is 36.4 Å². The van der Waals surface area contributed by atoms with Gasteiger partial charge in [-0.05, 0) is 43.7 Å². The van der Waals surface area contributed by atoms with Crippen molar-refractivity contribution in [3.05, 3.63) is 22.8 Å². The molecule has 2 rings (SSSR count). The zero-order valence-electron chi connectivity index (χ0n) is 11.1. The number of hydrogen-bond acceptors (Lipinski definition) is 3. The van der Waals surface area contributed by atoms with Gasteiger partial charge >= 0.3 is 0 Å². The van der Waals surface area contributed by atoms with E-state index in [1.54, 1.807) is 0 Å². The Bertz CT molecular complexity index is 403. The third-order valence-electron chi connectivity index (χ3n) is 3.95. The van der Waals surface area contributed by atoms with Crippen LogP contribution in [-0.2, 0) is 6.61 Å². The number of pyridine rings is 1. The SMILES string of the molecule is CC1CCC(N(C)c2ccc(Cl)c(CO)n2)CC1. The third-order valence-corrected chi connectivity index (χ3v) is 4.29. The summed E-state index contributed by atoms with van der Waals surface area (Å²) in [5.74, 6) is 1.75. The van der Waals surface area contributed by atoms with Gasteiger partial charge in [0, 0.05) is 13.1 Å². The number of aromatic nitrogens is 1. The van der Waals surface area contributed by atoms with Crippen LogP contribution in [0.3, 0.4) is 0 Å². The van der Waals surface area contributed by atoms with E-state index in [1.807, 2.05) is 12.1 Å². The van der Waals surface area contributed by atoms with Crippen molar-refractivity contribution in [2.75, 3.05) is 11.9 Å². The van der Waals surface area contributed by atoms with Crippen LogP contribution in [0.2, 0.25) is 5.02 Å². The Balaban J connectivity index is 2.10. The fourth-order valence-electron chi connectivity index (χ4n) is 2.60. The first-order chi connectivity index (χ1) is 8.61. The molecule has 0 aliphatic heterocycles. The fraction of sp³-hybridized carbons (Fsp3) is 0.643. The van der Waals surface area contributed by atoms with Gasteiger partial charge in [-0.1, -0.05) is 18.5 Å². The fourth-order valence-corrected chi connectivity index (χ4v) is 2.76. The average Bonchev–Trinajstić information content (AvgIpc) is 2.39. The summed E-state index contributed by atoms with van der Waals surface area (Å²) in [6, 6.07) is 4.30. The van der Waals surface area contributed by atoms with Gasteiger partial charge in [-0.3, -0.25) is 0 Å². The second kappa shape index (κ2) is 5.89. The second-order valence-electron chi connectivity index (χ2n) is 5.28. The lowest BCUT2D eigenvalue weighted by atomic mass is 9.87. The molecule has 1 aromatic rings. The van der Waals surface area contributed by atoms with Crippen LogP contribution in [0.1, 0.15) is 38.3 Å². The highest BCUT2D eigenvalue weighted by Gasteiger charge is 2.22. The minimum absolute atomic E-state index is 0.109. The van der Waals surface area contributed by atoms with Crippen LogP contribution in [0.15, 0.2) is 12.1 Å². The first kappa shape index (κ1) is 13.6. The molecule has 1 aromatic heterocycles. The molecule has 0 unspecified atom stereocenters. The van der Waals surface area contributed by atoms with E-state index in [0.717, 1.165) is 11.7 Å². The molecule has 0 amide bonds. The van der Waals surface area contributed by atoms with E-state index >= 15 is 0 Å². The van der Waals surface area contributed by atoms with Crippen molar-refractivity contribution in [3.63, 3.8) is 0 Å². The summed E-state index contributed by atoms with van der Waals surface area (Å²) in [6.07, 6.45) is 5.01. The second-order valence-corrected chi connectivity index (χ2v) is 5.69. The van der Waals surface area contributed by atoms with Crippen LogP contribution in [0.5, 0.6) is 0 Å². The summed E-state index contributed by atoms with van der Waals surface area (Å²) in [6.45, 7) is 2.21. The first-order valence-corrected chi connectivity index (χ1v) is 6.98. The Morgan fingerprint density at radius 2 is 2.00 bits per heavy atom. The van der Waals surface area contributed by atoms with Crippen LogP contribution >= 0.6 is 11.6 Å². The molecular formula is C14H21ClN2O. The van der Waals surface area contributed by atoms with Crippen molar-refractivity contribution < 1.29 is 5.11 Å². The molecule has 0 aromatic carbocycles. The Morgan fingerprint density at radius 3 is 2.61 bits per heavy atom. The lowest BCUT2D eigenvalue weighted by molar-refractivity contribution is 0.277. The maximum atomic E-state index is 9.20. The molecule has 1 saturated carbocycles. The number of nitrogens with zero attached hydrogens (tertiary/aromatic N) is 2. The minimum Gasteiger partial charge on any atom is -0.390 e. The predicted octanol–water partition coefficient (Wildman–Crippen LogP) is 3.24. The van der Waals surface area contributed by atoms with Gasteiger partial charge in [-0.25, -0.2) is 4.98 Å². The molecule has 0 spiro atoms. The zero-order chi connectivity index (χ0) is 13.1. The lowest BCUT2D eigenvalue weighted by Gasteiger charge is -2.34. The molecular weight excluding hydrogens is 248 g/mol. The highest BCUT2D eigenvalue weighted by atomic mass is 35.5. The highest BCUT2D eigenvalue weighted by molar-refractivity contribution is 6.31. The summed E-state index contributed by atoms with van der Waals surface area (Å²) < 4.78 is 0.